The highest BCUT2D eigenvalue weighted by atomic mass is 16.7. The molecule has 1 saturated heterocycles. The van der Waals surface area contributed by atoms with Crippen molar-refractivity contribution in [3.8, 4) is 0 Å². The van der Waals surface area contributed by atoms with Crippen LogP contribution >= 0.6 is 0 Å². The van der Waals surface area contributed by atoms with Crippen LogP contribution in [0.3, 0.4) is 0 Å². The van der Waals surface area contributed by atoms with Gasteiger partial charge in [-0.2, -0.15) is 0 Å². The maximum atomic E-state index is 10.1. The van der Waals surface area contributed by atoms with Gasteiger partial charge in [0.25, 0.3) is 0 Å². The summed E-state index contributed by atoms with van der Waals surface area (Å²) in [5, 5.41) is 39.1. The number of benzene rings is 1. The molecule has 0 aromatic heterocycles. The van der Waals surface area contributed by atoms with Crippen molar-refractivity contribution in [3.05, 3.63) is 41.0 Å². The lowest BCUT2D eigenvalue weighted by Gasteiger charge is -2.40. The number of rotatable bonds is 4. The molecular weight excluding hydrogens is 312 g/mol. The zero-order valence-corrected chi connectivity index (χ0v) is 13.7. The van der Waals surface area contributed by atoms with Gasteiger partial charge < -0.3 is 29.9 Å². The molecule has 0 radical (unpaired) electrons. The molecule has 1 aromatic rings. The van der Waals surface area contributed by atoms with Crippen LogP contribution in [0.5, 0.6) is 0 Å². The Balaban J connectivity index is 1.79. The molecule has 0 spiro atoms. The van der Waals surface area contributed by atoms with E-state index in [0.717, 1.165) is 11.1 Å². The second-order valence-corrected chi connectivity index (χ2v) is 6.62. The largest absolute Gasteiger partial charge is 0.394 e. The fraction of sp³-hybridized carbons (Fsp3) is 0.556. The summed E-state index contributed by atoms with van der Waals surface area (Å²) >= 11 is 0. The summed E-state index contributed by atoms with van der Waals surface area (Å²) in [7, 11) is 0. The zero-order valence-electron chi connectivity index (χ0n) is 13.7. The molecule has 1 aliphatic carbocycles. The van der Waals surface area contributed by atoms with Gasteiger partial charge in [0.2, 0.25) is 0 Å². The first-order valence-electron chi connectivity index (χ1n) is 8.21. The summed E-state index contributed by atoms with van der Waals surface area (Å²) in [6.45, 7) is 3.77. The van der Waals surface area contributed by atoms with Gasteiger partial charge in [0.05, 0.1) is 6.61 Å². The van der Waals surface area contributed by atoms with Crippen LogP contribution in [-0.4, -0.2) is 57.7 Å². The fourth-order valence-corrected chi connectivity index (χ4v) is 3.28. The monoisotopic (exact) mass is 336 g/mol. The third-order valence-corrected chi connectivity index (χ3v) is 4.67. The number of fused-ring (bicyclic) bond motifs is 1. The zero-order chi connectivity index (χ0) is 17.4. The van der Waals surface area contributed by atoms with E-state index in [2.05, 4.69) is 19.9 Å². The van der Waals surface area contributed by atoms with Crippen molar-refractivity contribution >= 4 is 6.08 Å². The van der Waals surface area contributed by atoms with E-state index in [-0.39, 0.29) is 0 Å². The van der Waals surface area contributed by atoms with Crippen LogP contribution in [0.15, 0.2) is 24.3 Å². The smallest absolute Gasteiger partial charge is 0.187 e. The van der Waals surface area contributed by atoms with Crippen LogP contribution in [0.4, 0.5) is 0 Å². The second kappa shape index (κ2) is 6.92. The predicted molar refractivity (Wildman–Crippen MR) is 87.2 cm³/mol. The molecule has 0 saturated carbocycles. The first kappa shape index (κ1) is 17.5. The summed E-state index contributed by atoms with van der Waals surface area (Å²) in [5.74, 6) is 0.371. The van der Waals surface area contributed by atoms with E-state index in [1.54, 1.807) is 0 Å². The van der Waals surface area contributed by atoms with Crippen molar-refractivity contribution < 1.29 is 29.9 Å². The molecule has 1 fully saturated rings. The van der Waals surface area contributed by atoms with E-state index in [4.69, 9.17) is 9.47 Å². The number of hydrogen-bond donors (Lipinski definition) is 4. The van der Waals surface area contributed by atoms with Crippen LogP contribution in [-0.2, 0) is 9.47 Å². The molecule has 1 unspecified atom stereocenters. The van der Waals surface area contributed by atoms with Gasteiger partial charge in [0.1, 0.15) is 30.5 Å². The Hall–Kier alpha value is -1.28. The third-order valence-electron chi connectivity index (χ3n) is 4.67. The summed E-state index contributed by atoms with van der Waals surface area (Å²) in [6, 6.07) is 5.99. The number of aliphatic hydroxyl groups is 4. The van der Waals surface area contributed by atoms with Gasteiger partial charge in [0.15, 0.2) is 6.29 Å². The topological polar surface area (TPSA) is 99.4 Å². The highest BCUT2D eigenvalue weighted by Crippen LogP contribution is 2.37. The van der Waals surface area contributed by atoms with Crippen LogP contribution in [0.1, 0.15) is 42.6 Å². The Morgan fingerprint density at radius 3 is 2.54 bits per heavy atom. The lowest BCUT2D eigenvalue weighted by atomic mass is 9.94. The summed E-state index contributed by atoms with van der Waals surface area (Å²) in [6.07, 6.45) is -2.88. The van der Waals surface area contributed by atoms with Crippen molar-refractivity contribution in [3.63, 3.8) is 0 Å². The van der Waals surface area contributed by atoms with Crippen molar-refractivity contribution in [2.24, 2.45) is 0 Å². The van der Waals surface area contributed by atoms with E-state index in [1.807, 2.05) is 24.3 Å². The van der Waals surface area contributed by atoms with Crippen LogP contribution in [0, 0.1) is 0 Å². The average Bonchev–Trinajstić information content (AvgIpc) is 2.98. The van der Waals surface area contributed by atoms with Gasteiger partial charge in [-0.1, -0.05) is 44.2 Å². The summed E-state index contributed by atoms with van der Waals surface area (Å²) in [4.78, 5) is 0. The fourth-order valence-electron chi connectivity index (χ4n) is 3.28. The highest BCUT2D eigenvalue weighted by molar-refractivity contribution is 5.65. The minimum absolute atomic E-state index is 0.371. The Bertz CT molecular complexity index is 612. The normalized spacial score (nSPS) is 35.5. The van der Waals surface area contributed by atoms with E-state index in [1.165, 1.54) is 5.56 Å². The van der Waals surface area contributed by atoms with Gasteiger partial charge in [-0.15, -0.1) is 0 Å². The highest BCUT2D eigenvalue weighted by Gasteiger charge is 2.45. The minimum atomic E-state index is -1.44. The standard InChI is InChI=1S/C18H24O6/c1-9(2)10-4-3-5-12-11(10)6-7-13(12)23-18-17(22)16(21)15(20)14(8-19)24-18/h3-7,9,13-22H,8H2,1-2H3/t13?,14-,15+,16+,17-,18+/m1/s1. The molecule has 6 atom stereocenters. The Labute approximate surface area is 141 Å². The van der Waals surface area contributed by atoms with E-state index in [0.29, 0.717) is 5.92 Å². The lowest BCUT2D eigenvalue weighted by Crippen LogP contribution is -2.59. The average molecular weight is 336 g/mol. The van der Waals surface area contributed by atoms with Crippen molar-refractivity contribution in [2.45, 2.75) is 56.6 Å². The molecule has 1 heterocycles. The maximum absolute atomic E-state index is 10.1. The minimum Gasteiger partial charge on any atom is -0.394 e. The van der Waals surface area contributed by atoms with Crippen LogP contribution in [0.2, 0.25) is 0 Å². The molecule has 132 valence electrons. The molecule has 1 aliphatic heterocycles. The first-order chi connectivity index (χ1) is 11.4. The van der Waals surface area contributed by atoms with Crippen LogP contribution in [0.25, 0.3) is 6.08 Å². The van der Waals surface area contributed by atoms with Gasteiger partial charge >= 0.3 is 0 Å². The molecule has 6 heteroatoms. The number of ether oxygens (including phenoxy) is 2. The Kier molecular flexibility index (Phi) is 5.05. The summed E-state index contributed by atoms with van der Waals surface area (Å²) < 4.78 is 11.3. The SMILES string of the molecule is CC(C)c1cccc2c1C=CC2O[C@H]1O[C@H](CO)[C@H](O)[C@H](O)[C@H]1O. The second-order valence-electron chi connectivity index (χ2n) is 6.62. The Morgan fingerprint density at radius 2 is 1.88 bits per heavy atom. The van der Waals surface area contributed by atoms with Gasteiger partial charge in [-0.05, 0) is 22.6 Å². The van der Waals surface area contributed by atoms with Crippen molar-refractivity contribution in [1.29, 1.82) is 0 Å². The molecule has 2 aliphatic rings. The molecule has 0 amide bonds. The molecule has 1 aromatic carbocycles. The number of hydrogen-bond acceptors (Lipinski definition) is 6. The maximum Gasteiger partial charge on any atom is 0.187 e. The molecule has 3 rings (SSSR count). The van der Waals surface area contributed by atoms with E-state index < -0.39 is 43.4 Å². The van der Waals surface area contributed by atoms with Crippen molar-refractivity contribution in [2.75, 3.05) is 6.61 Å². The van der Waals surface area contributed by atoms with Crippen molar-refractivity contribution in [1.82, 2.24) is 0 Å². The Morgan fingerprint density at radius 1 is 1.12 bits per heavy atom. The first-order valence-corrected chi connectivity index (χ1v) is 8.21. The number of aliphatic hydroxyl groups excluding tert-OH is 4. The molecular formula is C18H24O6. The van der Waals surface area contributed by atoms with E-state index in [9.17, 15) is 20.4 Å². The van der Waals surface area contributed by atoms with Gasteiger partial charge in [0, 0.05) is 0 Å². The molecule has 0 bridgehead atoms. The van der Waals surface area contributed by atoms with E-state index >= 15 is 0 Å². The van der Waals surface area contributed by atoms with Gasteiger partial charge in [-0.3, -0.25) is 0 Å². The molecule has 24 heavy (non-hydrogen) atoms. The summed E-state index contributed by atoms with van der Waals surface area (Å²) in [5.41, 5.74) is 3.28. The molecule has 4 N–H and O–H groups in total. The third kappa shape index (κ3) is 3.01. The predicted octanol–water partition coefficient (Wildman–Crippen LogP) is 0.694. The van der Waals surface area contributed by atoms with Crippen LogP contribution < -0.4 is 0 Å². The molecule has 6 nitrogen and oxygen atoms in total. The lowest BCUT2D eigenvalue weighted by molar-refractivity contribution is -0.308. The van der Waals surface area contributed by atoms with Gasteiger partial charge in [-0.25, -0.2) is 0 Å². The quantitative estimate of drug-likeness (QED) is 0.646.